The molecule has 0 radical (unpaired) electrons. The topological polar surface area (TPSA) is 51.3 Å². The zero-order chi connectivity index (χ0) is 14.0. The minimum Gasteiger partial charge on any atom is -0.397 e. The SMILES string of the molecule is CCn1cc(N)cc1C(=O)N(CCC(C)C)C1CC1. The molecule has 0 unspecified atom stereocenters. The smallest absolute Gasteiger partial charge is 0.270 e. The number of rotatable bonds is 6. The van der Waals surface area contributed by atoms with Crippen LogP contribution in [0.25, 0.3) is 0 Å². The number of hydrogen-bond donors (Lipinski definition) is 1. The van der Waals surface area contributed by atoms with Crippen LogP contribution in [0.1, 0.15) is 50.5 Å². The fourth-order valence-corrected chi connectivity index (χ4v) is 2.35. The van der Waals surface area contributed by atoms with E-state index in [1.165, 1.54) is 0 Å². The highest BCUT2D eigenvalue weighted by Gasteiger charge is 2.33. The van der Waals surface area contributed by atoms with E-state index in [1.807, 2.05) is 22.6 Å². The lowest BCUT2D eigenvalue weighted by Gasteiger charge is -2.24. The average Bonchev–Trinajstić information content (AvgIpc) is 3.11. The van der Waals surface area contributed by atoms with Crippen LogP contribution in [0.3, 0.4) is 0 Å². The fourth-order valence-electron chi connectivity index (χ4n) is 2.35. The lowest BCUT2D eigenvalue weighted by molar-refractivity contribution is 0.0724. The Bertz CT molecular complexity index is 446. The Morgan fingerprint density at radius 2 is 2.21 bits per heavy atom. The van der Waals surface area contributed by atoms with E-state index in [9.17, 15) is 4.79 Å². The van der Waals surface area contributed by atoms with Gasteiger partial charge in [-0.1, -0.05) is 13.8 Å². The molecule has 19 heavy (non-hydrogen) atoms. The van der Waals surface area contributed by atoms with Crippen LogP contribution in [0.4, 0.5) is 5.69 Å². The summed E-state index contributed by atoms with van der Waals surface area (Å²) in [6, 6.07) is 2.25. The molecule has 4 heteroatoms. The molecule has 0 atom stereocenters. The van der Waals surface area contributed by atoms with E-state index in [0.29, 0.717) is 17.6 Å². The van der Waals surface area contributed by atoms with E-state index in [2.05, 4.69) is 13.8 Å². The van der Waals surface area contributed by atoms with E-state index < -0.39 is 0 Å². The lowest BCUT2D eigenvalue weighted by Crippen LogP contribution is -2.35. The van der Waals surface area contributed by atoms with Gasteiger partial charge in [-0.25, -0.2) is 0 Å². The maximum Gasteiger partial charge on any atom is 0.270 e. The number of aryl methyl sites for hydroxylation is 1. The summed E-state index contributed by atoms with van der Waals surface area (Å²) in [4.78, 5) is 14.7. The first kappa shape index (κ1) is 14.0. The van der Waals surface area contributed by atoms with Gasteiger partial charge in [0.25, 0.3) is 5.91 Å². The molecule has 1 aromatic heterocycles. The van der Waals surface area contributed by atoms with Gasteiger partial charge in [0, 0.05) is 25.3 Å². The van der Waals surface area contributed by atoms with Crippen LogP contribution in [0, 0.1) is 5.92 Å². The van der Waals surface area contributed by atoms with Gasteiger partial charge in [0.15, 0.2) is 0 Å². The third kappa shape index (κ3) is 3.31. The number of aromatic nitrogens is 1. The third-order valence-corrected chi connectivity index (χ3v) is 3.67. The summed E-state index contributed by atoms with van der Waals surface area (Å²) in [5, 5.41) is 0. The van der Waals surface area contributed by atoms with Crippen molar-refractivity contribution in [2.24, 2.45) is 5.92 Å². The van der Waals surface area contributed by atoms with Gasteiger partial charge in [0.2, 0.25) is 0 Å². The Morgan fingerprint density at radius 1 is 1.53 bits per heavy atom. The quantitative estimate of drug-likeness (QED) is 0.858. The molecule has 4 nitrogen and oxygen atoms in total. The van der Waals surface area contributed by atoms with Crippen LogP contribution in [0.2, 0.25) is 0 Å². The van der Waals surface area contributed by atoms with Gasteiger partial charge in [0.05, 0.1) is 5.69 Å². The molecule has 1 fully saturated rings. The van der Waals surface area contributed by atoms with Crippen molar-refractivity contribution >= 4 is 11.6 Å². The molecular weight excluding hydrogens is 238 g/mol. The molecule has 0 saturated heterocycles. The van der Waals surface area contributed by atoms with Crippen LogP contribution in [0.15, 0.2) is 12.3 Å². The average molecular weight is 263 g/mol. The molecule has 1 aromatic rings. The largest absolute Gasteiger partial charge is 0.397 e. The zero-order valence-electron chi connectivity index (χ0n) is 12.2. The van der Waals surface area contributed by atoms with Crippen molar-refractivity contribution in [3.05, 3.63) is 18.0 Å². The molecule has 2 rings (SSSR count). The van der Waals surface area contributed by atoms with Crippen molar-refractivity contribution in [1.29, 1.82) is 0 Å². The third-order valence-electron chi connectivity index (χ3n) is 3.67. The van der Waals surface area contributed by atoms with Crippen LogP contribution in [-0.4, -0.2) is 28.0 Å². The summed E-state index contributed by atoms with van der Waals surface area (Å²) in [7, 11) is 0. The Morgan fingerprint density at radius 3 is 2.74 bits per heavy atom. The minimum atomic E-state index is 0.140. The van der Waals surface area contributed by atoms with Crippen LogP contribution in [0.5, 0.6) is 0 Å². The van der Waals surface area contributed by atoms with E-state index in [1.54, 1.807) is 6.07 Å². The molecule has 106 valence electrons. The number of nitrogen functional groups attached to an aromatic ring is 1. The number of nitrogens with two attached hydrogens (primary N) is 1. The summed E-state index contributed by atoms with van der Waals surface area (Å²) in [6.45, 7) is 8.06. The molecule has 0 aliphatic heterocycles. The molecule has 1 aliphatic rings. The van der Waals surface area contributed by atoms with Gasteiger partial charge in [-0.05, 0) is 38.2 Å². The standard InChI is InChI=1S/C15H25N3O/c1-4-17-10-12(16)9-14(17)15(19)18(13-5-6-13)8-7-11(2)3/h9-11,13H,4-8,16H2,1-3H3. The summed E-state index contributed by atoms with van der Waals surface area (Å²) >= 11 is 0. The number of hydrogen-bond acceptors (Lipinski definition) is 2. The van der Waals surface area contributed by atoms with Crippen molar-refractivity contribution in [3.8, 4) is 0 Å². The molecular formula is C15H25N3O. The van der Waals surface area contributed by atoms with Gasteiger partial charge >= 0.3 is 0 Å². The van der Waals surface area contributed by atoms with Crippen molar-refractivity contribution in [3.63, 3.8) is 0 Å². The Hall–Kier alpha value is -1.45. The second-order valence-electron chi connectivity index (χ2n) is 5.86. The van der Waals surface area contributed by atoms with Gasteiger partial charge in [-0.3, -0.25) is 4.79 Å². The summed E-state index contributed by atoms with van der Waals surface area (Å²) < 4.78 is 1.95. The first-order valence-corrected chi connectivity index (χ1v) is 7.29. The highest BCUT2D eigenvalue weighted by atomic mass is 16.2. The van der Waals surface area contributed by atoms with Crippen molar-refractivity contribution in [2.75, 3.05) is 12.3 Å². The Balaban J connectivity index is 2.14. The van der Waals surface area contributed by atoms with Gasteiger partial charge in [-0.2, -0.15) is 0 Å². The van der Waals surface area contributed by atoms with E-state index in [0.717, 1.165) is 38.0 Å². The highest BCUT2D eigenvalue weighted by molar-refractivity contribution is 5.94. The maximum atomic E-state index is 12.7. The molecule has 0 bridgehead atoms. The number of anilines is 1. The molecule has 1 aliphatic carbocycles. The first-order chi connectivity index (χ1) is 9.02. The summed E-state index contributed by atoms with van der Waals surface area (Å²) in [6.07, 6.45) is 5.20. The maximum absolute atomic E-state index is 12.7. The fraction of sp³-hybridized carbons (Fsp3) is 0.667. The first-order valence-electron chi connectivity index (χ1n) is 7.29. The second-order valence-corrected chi connectivity index (χ2v) is 5.86. The van der Waals surface area contributed by atoms with Crippen molar-refractivity contribution < 1.29 is 4.79 Å². The van der Waals surface area contributed by atoms with E-state index in [-0.39, 0.29) is 5.91 Å². The summed E-state index contributed by atoms with van der Waals surface area (Å²) in [5.74, 6) is 0.763. The van der Waals surface area contributed by atoms with Crippen LogP contribution < -0.4 is 5.73 Å². The number of nitrogens with zero attached hydrogens (tertiary/aromatic N) is 2. The molecule has 1 amide bonds. The lowest BCUT2D eigenvalue weighted by atomic mass is 10.1. The van der Waals surface area contributed by atoms with E-state index in [4.69, 9.17) is 5.73 Å². The monoisotopic (exact) mass is 263 g/mol. The minimum absolute atomic E-state index is 0.140. The van der Waals surface area contributed by atoms with Gasteiger partial charge in [0.1, 0.15) is 5.69 Å². The highest BCUT2D eigenvalue weighted by Crippen LogP contribution is 2.29. The van der Waals surface area contributed by atoms with E-state index >= 15 is 0 Å². The molecule has 0 spiro atoms. The predicted octanol–water partition coefficient (Wildman–Crippen LogP) is 2.74. The number of amides is 1. The zero-order valence-corrected chi connectivity index (χ0v) is 12.2. The molecule has 1 heterocycles. The van der Waals surface area contributed by atoms with Crippen LogP contribution >= 0.6 is 0 Å². The summed E-state index contributed by atoms with van der Waals surface area (Å²) in [5.41, 5.74) is 7.22. The van der Waals surface area contributed by atoms with Crippen molar-refractivity contribution in [1.82, 2.24) is 9.47 Å². The molecule has 0 aromatic carbocycles. The normalized spacial score (nSPS) is 14.9. The van der Waals surface area contributed by atoms with Gasteiger partial charge in [-0.15, -0.1) is 0 Å². The van der Waals surface area contributed by atoms with Gasteiger partial charge < -0.3 is 15.2 Å². The molecule has 2 N–H and O–H groups in total. The van der Waals surface area contributed by atoms with Crippen molar-refractivity contribution in [2.45, 2.75) is 52.6 Å². The predicted molar refractivity (Wildman–Crippen MR) is 78.0 cm³/mol. The number of carbonyl (C=O) groups excluding carboxylic acids is 1. The number of carbonyl (C=O) groups is 1. The van der Waals surface area contributed by atoms with Crippen LogP contribution in [-0.2, 0) is 6.54 Å². The second kappa shape index (κ2) is 5.68. The molecule has 1 saturated carbocycles. The Labute approximate surface area is 115 Å². The Kier molecular flexibility index (Phi) is 4.17.